The molecular formula is C15H19NO2. The number of carboxylic acids is 1. The minimum Gasteiger partial charge on any atom is -0.478 e. The van der Waals surface area contributed by atoms with Gasteiger partial charge in [-0.15, -0.1) is 0 Å². The van der Waals surface area contributed by atoms with E-state index in [1.165, 1.54) is 25.1 Å². The first kappa shape index (κ1) is 12.8. The van der Waals surface area contributed by atoms with Gasteiger partial charge in [0.15, 0.2) is 0 Å². The summed E-state index contributed by atoms with van der Waals surface area (Å²) in [7, 11) is 0. The van der Waals surface area contributed by atoms with Crippen LogP contribution in [0.2, 0.25) is 0 Å². The molecule has 3 nitrogen and oxygen atoms in total. The molecule has 1 aromatic carbocycles. The largest absolute Gasteiger partial charge is 0.478 e. The van der Waals surface area contributed by atoms with Crippen LogP contribution in [0.1, 0.15) is 24.5 Å². The second-order valence-electron chi connectivity index (χ2n) is 5.04. The van der Waals surface area contributed by atoms with E-state index in [1.54, 1.807) is 6.08 Å². The van der Waals surface area contributed by atoms with Crippen molar-refractivity contribution in [3.8, 4) is 0 Å². The molecule has 1 aliphatic rings. The molecule has 1 atom stereocenters. The predicted octanol–water partition coefficient (Wildman–Crippen LogP) is 2.63. The third-order valence-corrected chi connectivity index (χ3v) is 3.31. The fourth-order valence-corrected chi connectivity index (χ4v) is 2.33. The number of hydrogen-bond acceptors (Lipinski definition) is 2. The molecule has 1 N–H and O–H groups in total. The first-order valence-corrected chi connectivity index (χ1v) is 6.36. The molecule has 0 amide bonds. The molecule has 0 spiro atoms. The van der Waals surface area contributed by atoms with Gasteiger partial charge in [0.2, 0.25) is 0 Å². The van der Waals surface area contributed by atoms with Gasteiger partial charge < -0.3 is 5.11 Å². The van der Waals surface area contributed by atoms with E-state index in [0.29, 0.717) is 0 Å². The topological polar surface area (TPSA) is 40.5 Å². The molecule has 0 aliphatic carbocycles. The fourth-order valence-electron chi connectivity index (χ4n) is 2.33. The molecule has 1 aromatic rings. The smallest absolute Gasteiger partial charge is 0.328 e. The van der Waals surface area contributed by atoms with Crippen LogP contribution in [0.4, 0.5) is 0 Å². The predicted molar refractivity (Wildman–Crippen MR) is 72.2 cm³/mol. The Bertz CT molecular complexity index is 436. The third-order valence-electron chi connectivity index (χ3n) is 3.31. The Morgan fingerprint density at radius 2 is 2.17 bits per heavy atom. The number of benzene rings is 1. The Morgan fingerprint density at radius 3 is 2.72 bits per heavy atom. The minimum absolute atomic E-state index is 0.808. The average Bonchev–Trinajstić information content (AvgIpc) is 2.74. The first-order valence-electron chi connectivity index (χ1n) is 6.36. The van der Waals surface area contributed by atoms with Crippen LogP contribution >= 0.6 is 0 Å². The SMILES string of the molecule is CC1CCN(Cc2ccc(/C=C/C(=O)O)cc2)C1. The molecule has 2 rings (SSSR count). The van der Waals surface area contributed by atoms with Crippen molar-refractivity contribution in [2.45, 2.75) is 19.9 Å². The number of carbonyl (C=O) groups is 1. The van der Waals surface area contributed by atoms with Crippen molar-refractivity contribution in [3.05, 3.63) is 41.5 Å². The van der Waals surface area contributed by atoms with Gasteiger partial charge in [0.25, 0.3) is 0 Å². The molecule has 1 saturated heterocycles. The summed E-state index contributed by atoms with van der Waals surface area (Å²) in [5, 5.41) is 8.55. The van der Waals surface area contributed by atoms with Gasteiger partial charge in [-0.2, -0.15) is 0 Å². The van der Waals surface area contributed by atoms with E-state index >= 15 is 0 Å². The summed E-state index contributed by atoms with van der Waals surface area (Å²) in [6, 6.07) is 8.08. The van der Waals surface area contributed by atoms with E-state index in [9.17, 15) is 4.79 Å². The number of likely N-dealkylation sites (tertiary alicyclic amines) is 1. The van der Waals surface area contributed by atoms with Crippen LogP contribution in [0.3, 0.4) is 0 Å². The molecule has 1 unspecified atom stereocenters. The summed E-state index contributed by atoms with van der Waals surface area (Å²) in [6.07, 6.45) is 4.07. The van der Waals surface area contributed by atoms with Crippen LogP contribution in [-0.4, -0.2) is 29.1 Å². The van der Waals surface area contributed by atoms with E-state index in [4.69, 9.17) is 5.11 Å². The Labute approximate surface area is 108 Å². The lowest BCUT2D eigenvalue weighted by molar-refractivity contribution is -0.131. The minimum atomic E-state index is -0.912. The van der Waals surface area contributed by atoms with Crippen molar-refractivity contribution in [1.82, 2.24) is 4.90 Å². The van der Waals surface area contributed by atoms with E-state index in [1.807, 2.05) is 12.1 Å². The number of hydrogen-bond donors (Lipinski definition) is 1. The first-order chi connectivity index (χ1) is 8.63. The van der Waals surface area contributed by atoms with Crippen molar-refractivity contribution in [3.63, 3.8) is 0 Å². The van der Waals surface area contributed by atoms with Gasteiger partial charge in [0.1, 0.15) is 0 Å². The molecule has 1 aliphatic heterocycles. The standard InChI is InChI=1S/C15H19NO2/c1-12-8-9-16(10-12)11-14-4-2-13(3-5-14)6-7-15(17)18/h2-7,12H,8-11H2,1H3,(H,17,18)/b7-6+. The molecule has 3 heteroatoms. The lowest BCUT2D eigenvalue weighted by Gasteiger charge is -2.15. The van der Waals surface area contributed by atoms with Crippen LogP contribution < -0.4 is 0 Å². The van der Waals surface area contributed by atoms with Gasteiger partial charge in [0, 0.05) is 19.2 Å². The summed E-state index contributed by atoms with van der Waals surface area (Å²) in [5.74, 6) is -0.104. The monoisotopic (exact) mass is 245 g/mol. The lowest BCUT2D eigenvalue weighted by atomic mass is 10.1. The van der Waals surface area contributed by atoms with Gasteiger partial charge in [-0.1, -0.05) is 31.2 Å². The highest BCUT2D eigenvalue weighted by Gasteiger charge is 2.18. The molecule has 96 valence electrons. The third kappa shape index (κ3) is 3.70. The normalized spacial score (nSPS) is 20.6. The average molecular weight is 245 g/mol. The van der Waals surface area contributed by atoms with Crippen LogP contribution in [-0.2, 0) is 11.3 Å². The quantitative estimate of drug-likeness (QED) is 0.829. The van der Waals surface area contributed by atoms with Crippen LogP contribution in [0.25, 0.3) is 6.08 Å². The maximum atomic E-state index is 10.4. The van der Waals surface area contributed by atoms with E-state index < -0.39 is 5.97 Å². The summed E-state index contributed by atoms with van der Waals surface area (Å²) >= 11 is 0. The zero-order valence-electron chi connectivity index (χ0n) is 10.7. The van der Waals surface area contributed by atoms with Crippen molar-refractivity contribution in [2.75, 3.05) is 13.1 Å². The maximum absolute atomic E-state index is 10.4. The van der Waals surface area contributed by atoms with E-state index in [-0.39, 0.29) is 0 Å². The molecule has 1 heterocycles. The van der Waals surface area contributed by atoms with E-state index in [2.05, 4.69) is 24.0 Å². The number of rotatable bonds is 4. The molecule has 0 saturated carbocycles. The van der Waals surface area contributed by atoms with Gasteiger partial charge in [0.05, 0.1) is 0 Å². The van der Waals surface area contributed by atoms with Gasteiger partial charge in [-0.05, 0) is 36.1 Å². The van der Waals surface area contributed by atoms with Crippen molar-refractivity contribution in [1.29, 1.82) is 0 Å². The zero-order chi connectivity index (χ0) is 13.0. The summed E-state index contributed by atoms with van der Waals surface area (Å²) in [4.78, 5) is 12.9. The highest BCUT2D eigenvalue weighted by Crippen LogP contribution is 2.18. The highest BCUT2D eigenvalue weighted by molar-refractivity contribution is 5.85. The van der Waals surface area contributed by atoms with Crippen molar-refractivity contribution >= 4 is 12.0 Å². The maximum Gasteiger partial charge on any atom is 0.328 e. The highest BCUT2D eigenvalue weighted by atomic mass is 16.4. The lowest BCUT2D eigenvalue weighted by Crippen LogP contribution is -2.19. The summed E-state index contributed by atoms with van der Waals surface area (Å²) in [6.45, 7) is 5.65. The Balaban J connectivity index is 1.93. The van der Waals surface area contributed by atoms with Crippen LogP contribution in [0.5, 0.6) is 0 Å². The van der Waals surface area contributed by atoms with Gasteiger partial charge in [-0.3, -0.25) is 4.90 Å². The molecule has 0 aromatic heterocycles. The Morgan fingerprint density at radius 1 is 1.44 bits per heavy atom. The summed E-state index contributed by atoms with van der Waals surface area (Å²) in [5.41, 5.74) is 2.22. The number of carboxylic acid groups (broad SMARTS) is 1. The van der Waals surface area contributed by atoms with Gasteiger partial charge >= 0.3 is 5.97 Å². The molecular weight excluding hydrogens is 226 g/mol. The Kier molecular flexibility index (Phi) is 4.15. The van der Waals surface area contributed by atoms with Crippen molar-refractivity contribution < 1.29 is 9.90 Å². The molecule has 0 bridgehead atoms. The second kappa shape index (κ2) is 5.83. The van der Waals surface area contributed by atoms with E-state index in [0.717, 1.165) is 24.1 Å². The fraction of sp³-hybridized carbons (Fsp3) is 0.400. The second-order valence-corrected chi connectivity index (χ2v) is 5.04. The molecule has 18 heavy (non-hydrogen) atoms. The molecule has 0 radical (unpaired) electrons. The number of nitrogens with zero attached hydrogens (tertiary/aromatic N) is 1. The summed E-state index contributed by atoms with van der Waals surface area (Å²) < 4.78 is 0. The van der Waals surface area contributed by atoms with Gasteiger partial charge in [-0.25, -0.2) is 4.79 Å². The number of aliphatic carboxylic acids is 1. The van der Waals surface area contributed by atoms with Crippen molar-refractivity contribution in [2.24, 2.45) is 5.92 Å². The van der Waals surface area contributed by atoms with Crippen LogP contribution in [0, 0.1) is 5.92 Å². The zero-order valence-corrected chi connectivity index (χ0v) is 10.7. The Hall–Kier alpha value is -1.61. The van der Waals surface area contributed by atoms with Crippen LogP contribution in [0.15, 0.2) is 30.3 Å². The molecule has 1 fully saturated rings.